The van der Waals surface area contributed by atoms with Crippen molar-refractivity contribution in [2.24, 2.45) is 0 Å². The third-order valence-corrected chi connectivity index (χ3v) is 4.17. The van der Waals surface area contributed by atoms with Crippen molar-refractivity contribution in [2.45, 2.75) is 0 Å². The van der Waals surface area contributed by atoms with Gasteiger partial charge in [-0.25, -0.2) is 0 Å². The summed E-state index contributed by atoms with van der Waals surface area (Å²) in [4.78, 5) is 13.8. The molecule has 0 amide bonds. The lowest BCUT2D eigenvalue weighted by Crippen LogP contribution is -1.91. The van der Waals surface area contributed by atoms with Crippen molar-refractivity contribution in [3.05, 3.63) is 34.7 Å². The second-order valence-electron chi connectivity index (χ2n) is 4.00. The molecule has 0 radical (unpaired) electrons. The molecule has 1 aromatic carbocycles. The van der Waals surface area contributed by atoms with E-state index < -0.39 is 0 Å². The summed E-state index contributed by atoms with van der Waals surface area (Å²) in [5, 5.41) is 7.74. The Morgan fingerprint density at radius 3 is 2.82 bits per heavy atom. The second-order valence-corrected chi connectivity index (χ2v) is 5.00. The highest BCUT2D eigenvalue weighted by atomic mass is 32.1. The zero-order chi connectivity index (χ0) is 11.6. The average molecular weight is 241 g/mol. The van der Waals surface area contributed by atoms with Crippen molar-refractivity contribution in [1.29, 1.82) is 0 Å². The first-order chi connectivity index (χ1) is 8.27. The highest BCUT2D eigenvalue weighted by molar-refractivity contribution is 7.21. The van der Waals surface area contributed by atoms with Gasteiger partial charge in [-0.1, -0.05) is 24.3 Å². The Balaban J connectivity index is 2.24. The van der Waals surface area contributed by atoms with E-state index in [1.54, 1.807) is 0 Å². The molecule has 0 unspecified atom stereocenters. The van der Waals surface area contributed by atoms with Crippen LogP contribution in [0.25, 0.3) is 21.3 Å². The Morgan fingerprint density at radius 2 is 2.00 bits per heavy atom. The first-order valence-corrected chi connectivity index (χ1v) is 5.99. The fraction of sp³-hybridized carbons (Fsp3) is 0. The summed E-state index contributed by atoms with van der Waals surface area (Å²) >= 11 is 1.40. The molecule has 5 heteroatoms. The topological polar surface area (TPSA) is 71.8 Å². The van der Waals surface area contributed by atoms with Gasteiger partial charge >= 0.3 is 0 Å². The second kappa shape index (κ2) is 2.75. The van der Waals surface area contributed by atoms with Crippen molar-refractivity contribution in [3.8, 4) is 11.1 Å². The number of anilines is 1. The molecule has 0 spiro atoms. The summed E-state index contributed by atoms with van der Waals surface area (Å²) in [7, 11) is 0. The van der Waals surface area contributed by atoms with Gasteiger partial charge in [0.2, 0.25) is 5.78 Å². The van der Waals surface area contributed by atoms with Crippen molar-refractivity contribution in [3.63, 3.8) is 0 Å². The van der Waals surface area contributed by atoms with Crippen LogP contribution in [0.4, 0.5) is 5.82 Å². The quantitative estimate of drug-likeness (QED) is 0.496. The molecule has 3 N–H and O–H groups in total. The highest BCUT2D eigenvalue weighted by Crippen LogP contribution is 2.47. The fourth-order valence-corrected chi connectivity index (χ4v) is 3.47. The molecule has 0 atom stereocenters. The zero-order valence-electron chi connectivity index (χ0n) is 8.65. The molecule has 3 aromatic rings. The van der Waals surface area contributed by atoms with Gasteiger partial charge in [-0.2, -0.15) is 5.10 Å². The molecular weight excluding hydrogens is 234 g/mol. The van der Waals surface area contributed by atoms with E-state index in [9.17, 15) is 4.79 Å². The molecule has 2 heterocycles. The predicted octanol–water partition coefficient (Wildman–Crippen LogP) is 2.42. The monoisotopic (exact) mass is 241 g/mol. The van der Waals surface area contributed by atoms with Gasteiger partial charge in [0.15, 0.2) is 0 Å². The molecule has 17 heavy (non-hydrogen) atoms. The minimum absolute atomic E-state index is 0.0815. The number of fused-ring (bicyclic) bond motifs is 5. The first-order valence-electron chi connectivity index (χ1n) is 5.18. The molecule has 2 aromatic heterocycles. The molecule has 0 saturated heterocycles. The summed E-state index contributed by atoms with van der Waals surface area (Å²) in [5.74, 6) is 0.611. The maximum Gasteiger partial charge on any atom is 0.204 e. The maximum absolute atomic E-state index is 12.2. The van der Waals surface area contributed by atoms with Crippen LogP contribution in [0.15, 0.2) is 24.3 Å². The van der Waals surface area contributed by atoms with Gasteiger partial charge in [-0.3, -0.25) is 9.89 Å². The smallest absolute Gasteiger partial charge is 0.204 e. The van der Waals surface area contributed by atoms with Crippen molar-refractivity contribution in [2.75, 3.05) is 5.73 Å². The van der Waals surface area contributed by atoms with Crippen molar-refractivity contribution >= 4 is 33.2 Å². The van der Waals surface area contributed by atoms with Gasteiger partial charge < -0.3 is 5.73 Å². The summed E-state index contributed by atoms with van der Waals surface area (Å²) in [6.07, 6.45) is 0. The molecule has 4 rings (SSSR count). The minimum Gasteiger partial charge on any atom is -0.384 e. The number of benzene rings is 1. The Morgan fingerprint density at radius 1 is 1.24 bits per heavy atom. The number of nitrogens with one attached hydrogen (secondary N) is 1. The number of nitrogens with zero attached hydrogens (tertiary/aromatic N) is 1. The molecule has 82 valence electrons. The van der Waals surface area contributed by atoms with E-state index >= 15 is 0 Å². The molecule has 0 fully saturated rings. The SMILES string of the molecule is Nc1[nH]nc2sc3c(c12)-c1ccccc1C3=O. The van der Waals surface area contributed by atoms with Gasteiger partial charge in [0.1, 0.15) is 10.6 Å². The summed E-state index contributed by atoms with van der Waals surface area (Å²) < 4.78 is 0. The van der Waals surface area contributed by atoms with Gasteiger partial charge in [0, 0.05) is 11.1 Å². The number of carbonyl (C=O) groups is 1. The van der Waals surface area contributed by atoms with E-state index in [1.807, 2.05) is 24.3 Å². The summed E-state index contributed by atoms with van der Waals surface area (Å²) in [6, 6.07) is 7.62. The molecule has 0 saturated carbocycles. The lowest BCUT2D eigenvalue weighted by Gasteiger charge is -1.97. The van der Waals surface area contributed by atoms with E-state index in [-0.39, 0.29) is 5.78 Å². The van der Waals surface area contributed by atoms with E-state index in [4.69, 9.17) is 5.73 Å². The normalized spacial score (nSPS) is 13.1. The van der Waals surface area contributed by atoms with Crippen molar-refractivity contribution in [1.82, 2.24) is 10.2 Å². The highest BCUT2D eigenvalue weighted by Gasteiger charge is 2.32. The maximum atomic E-state index is 12.2. The minimum atomic E-state index is 0.0815. The number of thiophene rings is 1. The fourth-order valence-electron chi connectivity index (χ4n) is 2.35. The van der Waals surface area contributed by atoms with E-state index in [1.165, 1.54) is 11.3 Å². The number of H-pyrrole nitrogens is 1. The molecule has 4 nitrogen and oxygen atoms in total. The Labute approximate surface area is 100 Å². The lowest BCUT2D eigenvalue weighted by molar-refractivity contribution is 0.104. The summed E-state index contributed by atoms with van der Waals surface area (Å²) in [5.41, 5.74) is 8.54. The van der Waals surface area contributed by atoms with Crippen LogP contribution in [-0.4, -0.2) is 16.0 Å². The molecule has 1 aliphatic carbocycles. The van der Waals surface area contributed by atoms with Crippen LogP contribution in [0.2, 0.25) is 0 Å². The van der Waals surface area contributed by atoms with Gasteiger partial charge in [0.25, 0.3) is 0 Å². The average Bonchev–Trinajstić information content (AvgIpc) is 2.95. The number of nitrogens with two attached hydrogens (primary N) is 1. The number of hydrogen-bond donors (Lipinski definition) is 2. The number of carbonyl (C=O) groups excluding carboxylic acids is 1. The van der Waals surface area contributed by atoms with Crippen LogP contribution in [-0.2, 0) is 0 Å². The number of aromatic amines is 1. The predicted molar refractivity (Wildman–Crippen MR) is 67.3 cm³/mol. The number of rotatable bonds is 0. The largest absolute Gasteiger partial charge is 0.384 e. The van der Waals surface area contributed by atoms with Crippen LogP contribution in [0.3, 0.4) is 0 Å². The Hall–Kier alpha value is -2.14. The van der Waals surface area contributed by atoms with E-state index in [0.717, 1.165) is 31.8 Å². The van der Waals surface area contributed by atoms with E-state index in [0.29, 0.717) is 5.82 Å². The molecule has 0 aliphatic heterocycles. The van der Waals surface area contributed by atoms with Gasteiger partial charge in [-0.15, -0.1) is 11.3 Å². The zero-order valence-corrected chi connectivity index (χ0v) is 9.47. The van der Waals surface area contributed by atoms with Crippen LogP contribution >= 0.6 is 11.3 Å². The molecular formula is C12H7N3OS. The van der Waals surface area contributed by atoms with Crippen LogP contribution in [0.1, 0.15) is 15.2 Å². The number of hydrogen-bond acceptors (Lipinski definition) is 4. The lowest BCUT2D eigenvalue weighted by atomic mass is 10.1. The molecule has 0 bridgehead atoms. The van der Waals surface area contributed by atoms with Crippen LogP contribution < -0.4 is 5.73 Å². The third kappa shape index (κ3) is 0.927. The molecule has 1 aliphatic rings. The third-order valence-electron chi connectivity index (χ3n) is 3.08. The standard InChI is InChI=1S/C12H7N3OS/c13-11-8-7-5-3-1-2-4-6(5)9(16)10(7)17-12(8)15-14-11/h1-4H,(H3,13,14,15). The van der Waals surface area contributed by atoms with Crippen molar-refractivity contribution < 1.29 is 4.79 Å². The van der Waals surface area contributed by atoms with E-state index in [2.05, 4.69) is 10.2 Å². The number of ketones is 1. The number of aromatic nitrogens is 2. The summed E-state index contributed by atoms with van der Waals surface area (Å²) in [6.45, 7) is 0. The first kappa shape index (κ1) is 8.95. The number of nitrogen functional groups attached to an aromatic ring is 1. The van der Waals surface area contributed by atoms with Gasteiger partial charge in [0.05, 0.1) is 10.3 Å². The van der Waals surface area contributed by atoms with Crippen LogP contribution in [0.5, 0.6) is 0 Å². The van der Waals surface area contributed by atoms with Gasteiger partial charge in [-0.05, 0) is 5.56 Å². The Kier molecular flexibility index (Phi) is 1.45. The van der Waals surface area contributed by atoms with Crippen LogP contribution in [0, 0.1) is 0 Å². The Bertz CT molecular complexity index is 784.